The highest BCUT2D eigenvalue weighted by atomic mass is 35.5. The summed E-state index contributed by atoms with van der Waals surface area (Å²) in [5.74, 6) is 0.379. The maximum absolute atomic E-state index is 12.0. The first-order valence-electron chi connectivity index (χ1n) is 7.93. The second-order valence-electron chi connectivity index (χ2n) is 5.65. The van der Waals surface area contributed by atoms with Gasteiger partial charge in [-0.05, 0) is 51.7 Å². The number of unbranched alkanes of at least 4 members (excludes halogenated alkanes) is 1. The van der Waals surface area contributed by atoms with Gasteiger partial charge in [0.25, 0.3) is 0 Å². The van der Waals surface area contributed by atoms with Crippen LogP contribution in [0.4, 0.5) is 0 Å². The molecule has 0 saturated heterocycles. The molecule has 2 atom stereocenters. The molecule has 1 rings (SSSR count). The average molecular weight is 342 g/mol. The van der Waals surface area contributed by atoms with Crippen LogP contribution >= 0.6 is 24.8 Å². The van der Waals surface area contributed by atoms with Gasteiger partial charge in [-0.25, -0.2) is 0 Å². The summed E-state index contributed by atoms with van der Waals surface area (Å²) in [5, 5.41) is 3.07. The van der Waals surface area contributed by atoms with Gasteiger partial charge in [-0.3, -0.25) is 4.79 Å². The standard InChI is InChI=1S/C15H31N3O.2ClH/c1-3-18(4-2)11-6-5-10-17-15(19)13-8-7-9-14(16)12-13;;/h13-14H,3-12,16H2,1-2H3,(H,17,19);2*1H. The van der Waals surface area contributed by atoms with Crippen molar-refractivity contribution in [3.63, 3.8) is 0 Å². The monoisotopic (exact) mass is 341 g/mol. The number of amides is 1. The topological polar surface area (TPSA) is 58.4 Å². The van der Waals surface area contributed by atoms with E-state index < -0.39 is 0 Å². The second kappa shape index (κ2) is 13.6. The molecule has 0 bridgehead atoms. The van der Waals surface area contributed by atoms with Crippen molar-refractivity contribution in [2.24, 2.45) is 11.7 Å². The molecule has 128 valence electrons. The highest BCUT2D eigenvalue weighted by molar-refractivity contribution is 5.85. The predicted molar refractivity (Wildman–Crippen MR) is 94.5 cm³/mol. The van der Waals surface area contributed by atoms with Gasteiger partial charge in [0.05, 0.1) is 0 Å². The Balaban J connectivity index is 0. The van der Waals surface area contributed by atoms with Crippen molar-refractivity contribution in [3.05, 3.63) is 0 Å². The molecule has 0 spiro atoms. The quantitative estimate of drug-likeness (QED) is 0.667. The number of carbonyl (C=O) groups is 1. The molecule has 0 aromatic carbocycles. The lowest BCUT2D eigenvalue weighted by Crippen LogP contribution is -2.38. The minimum atomic E-state index is 0. The van der Waals surface area contributed by atoms with Gasteiger partial charge < -0.3 is 16.0 Å². The molecule has 21 heavy (non-hydrogen) atoms. The van der Waals surface area contributed by atoms with E-state index in [2.05, 4.69) is 24.1 Å². The first-order valence-corrected chi connectivity index (χ1v) is 7.93. The van der Waals surface area contributed by atoms with Gasteiger partial charge in [0.1, 0.15) is 0 Å². The number of carbonyl (C=O) groups excluding carboxylic acids is 1. The highest BCUT2D eigenvalue weighted by Crippen LogP contribution is 2.22. The number of hydrogen-bond donors (Lipinski definition) is 2. The first kappa shape index (κ1) is 23.2. The van der Waals surface area contributed by atoms with E-state index in [1.165, 1.54) is 0 Å². The van der Waals surface area contributed by atoms with E-state index in [1.807, 2.05) is 0 Å². The van der Waals surface area contributed by atoms with Crippen LogP contribution in [0.1, 0.15) is 52.4 Å². The predicted octanol–water partition coefficient (Wildman–Crippen LogP) is 2.59. The van der Waals surface area contributed by atoms with E-state index in [-0.39, 0.29) is 42.7 Å². The van der Waals surface area contributed by atoms with Crippen LogP contribution in [0.25, 0.3) is 0 Å². The minimum absolute atomic E-state index is 0. The Hall–Kier alpha value is -0.0300. The van der Waals surface area contributed by atoms with Gasteiger partial charge >= 0.3 is 0 Å². The highest BCUT2D eigenvalue weighted by Gasteiger charge is 2.24. The first-order chi connectivity index (χ1) is 9.17. The maximum Gasteiger partial charge on any atom is 0.223 e. The molecule has 1 aliphatic carbocycles. The van der Waals surface area contributed by atoms with Crippen molar-refractivity contribution >= 4 is 30.7 Å². The number of halogens is 2. The molecule has 0 aromatic heterocycles. The molecule has 0 aliphatic heterocycles. The van der Waals surface area contributed by atoms with Crippen molar-refractivity contribution in [2.45, 2.75) is 58.4 Å². The third-order valence-electron chi connectivity index (χ3n) is 4.18. The summed E-state index contributed by atoms with van der Waals surface area (Å²) < 4.78 is 0. The van der Waals surface area contributed by atoms with Gasteiger partial charge in [-0.15, -0.1) is 24.8 Å². The van der Waals surface area contributed by atoms with Gasteiger partial charge in [0.15, 0.2) is 0 Å². The Morgan fingerprint density at radius 1 is 1.19 bits per heavy atom. The zero-order valence-electron chi connectivity index (χ0n) is 13.5. The van der Waals surface area contributed by atoms with Gasteiger partial charge in [0.2, 0.25) is 5.91 Å². The molecule has 0 aromatic rings. The summed E-state index contributed by atoms with van der Waals surface area (Å²) in [5.41, 5.74) is 5.92. The average Bonchev–Trinajstić information content (AvgIpc) is 2.42. The van der Waals surface area contributed by atoms with E-state index in [9.17, 15) is 4.79 Å². The van der Waals surface area contributed by atoms with E-state index in [1.54, 1.807) is 0 Å². The van der Waals surface area contributed by atoms with Gasteiger partial charge in [-0.1, -0.05) is 20.3 Å². The number of nitrogens with zero attached hydrogens (tertiary/aromatic N) is 1. The fourth-order valence-electron chi connectivity index (χ4n) is 2.82. The lowest BCUT2D eigenvalue weighted by molar-refractivity contribution is -0.126. The molecular weight excluding hydrogens is 309 g/mol. The zero-order valence-corrected chi connectivity index (χ0v) is 15.1. The number of nitrogens with one attached hydrogen (secondary N) is 1. The van der Waals surface area contributed by atoms with Crippen LogP contribution in [0.5, 0.6) is 0 Å². The van der Waals surface area contributed by atoms with Crippen molar-refractivity contribution in [2.75, 3.05) is 26.2 Å². The molecule has 0 radical (unpaired) electrons. The van der Waals surface area contributed by atoms with Crippen LogP contribution < -0.4 is 11.1 Å². The molecule has 0 heterocycles. The van der Waals surface area contributed by atoms with Crippen molar-refractivity contribution in [1.82, 2.24) is 10.2 Å². The van der Waals surface area contributed by atoms with Crippen LogP contribution in [-0.2, 0) is 4.79 Å². The summed E-state index contributed by atoms with van der Waals surface area (Å²) in [7, 11) is 0. The van der Waals surface area contributed by atoms with Crippen molar-refractivity contribution in [3.8, 4) is 0 Å². The fourth-order valence-corrected chi connectivity index (χ4v) is 2.82. The van der Waals surface area contributed by atoms with E-state index >= 15 is 0 Å². The number of rotatable bonds is 8. The van der Waals surface area contributed by atoms with E-state index in [0.717, 1.165) is 64.7 Å². The largest absolute Gasteiger partial charge is 0.356 e. The minimum Gasteiger partial charge on any atom is -0.356 e. The lowest BCUT2D eigenvalue weighted by atomic mass is 9.85. The Bertz CT molecular complexity index is 263. The Labute approximate surface area is 142 Å². The smallest absolute Gasteiger partial charge is 0.223 e. The normalized spacial score (nSPS) is 21.3. The van der Waals surface area contributed by atoms with Crippen LogP contribution in [0.3, 0.4) is 0 Å². The molecule has 1 amide bonds. The van der Waals surface area contributed by atoms with Crippen molar-refractivity contribution in [1.29, 1.82) is 0 Å². The Morgan fingerprint density at radius 3 is 2.43 bits per heavy atom. The summed E-state index contributed by atoms with van der Waals surface area (Å²) in [6.45, 7) is 8.56. The summed E-state index contributed by atoms with van der Waals surface area (Å²) in [4.78, 5) is 14.4. The molecule has 6 heteroatoms. The molecule has 1 saturated carbocycles. The second-order valence-corrected chi connectivity index (χ2v) is 5.65. The van der Waals surface area contributed by atoms with E-state index in [0.29, 0.717) is 0 Å². The molecule has 1 aliphatic rings. The third-order valence-corrected chi connectivity index (χ3v) is 4.18. The molecular formula is C15H33Cl2N3O. The van der Waals surface area contributed by atoms with Crippen LogP contribution in [0.2, 0.25) is 0 Å². The van der Waals surface area contributed by atoms with Crippen LogP contribution in [0, 0.1) is 5.92 Å². The summed E-state index contributed by atoms with van der Waals surface area (Å²) in [6, 6.07) is 0.229. The molecule has 4 nitrogen and oxygen atoms in total. The van der Waals surface area contributed by atoms with Crippen LogP contribution in [0.15, 0.2) is 0 Å². The van der Waals surface area contributed by atoms with Crippen molar-refractivity contribution < 1.29 is 4.79 Å². The summed E-state index contributed by atoms with van der Waals surface area (Å²) in [6.07, 6.45) is 6.28. The molecule has 1 fully saturated rings. The van der Waals surface area contributed by atoms with E-state index in [4.69, 9.17) is 5.73 Å². The lowest BCUT2D eigenvalue weighted by Gasteiger charge is -2.25. The van der Waals surface area contributed by atoms with Gasteiger partial charge in [-0.2, -0.15) is 0 Å². The fraction of sp³-hybridized carbons (Fsp3) is 0.933. The molecule has 2 unspecified atom stereocenters. The van der Waals surface area contributed by atoms with Crippen LogP contribution in [-0.4, -0.2) is 43.0 Å². The number of hydrogen-bond acceptors (Lipinski definition) is 3. The summed E-state index contributed by atoms with van der Waals surface area (Å²) >= 11 is 0. The maximum atomic E-state index is 12.0. The number of nitrogens with two attached hydrogens (primary N) is 1. The SMILES string of the molecule is CCN(CC)CCCCNC(=O)C1CCCC(N)C1.Cl.Cl. The van der Waals surface area contributed by atoms with Gasteiger partial charge in [0, 0.05) is 18.5 Å². The molecule has 3 N–H and O–H groups in total. The zero-order chi connectivity index (χ0) is 14.1. The Kier molecular flexibility index (Phi) is 15.1. The Morgan fingerprint density at radius 2 is 1.86 bits per heavy atom. The third kappa shape index (κ3) is 9.56.